The van der Waals surface area contributed by atoms with Crippen LogP contribution in [0, 0.1) is 6.92 Å². The van der Waals surface area contributed by atoms with Gasteiger partial charge in [0, 0.05) is 10.9 Å². The Morgan fingerprint density at radius 3 is 2.58 bits per heavy atom. The zero-order valence-corrected chi connectivity index (χ0v) is 13.4. The molecule has 4 heteroatoms. The number of hydrogen-bond donors (Lipinski definition) is 1. The lowest BCUT2D eigenvalue weighted by Crippen LogP contribution is -2.04. The van der Waals surface area contributed by atoms with Crippen molar-refractivity contribution in [3.63, 3.8) is 0 Å². The van der Waals surface area contributed by atoms with Gasteiger partial charge in [-0.05, 0) is 30.7 Å². The number of anilines is 1. The second-order valence-corrected chi connectivity index (χ2v) is 5.66. The molecule has 1 N–H and O–H groups in total. The van der Waals surface area contributed by atoms with Crippen LogP contribution in [-0.4, -0.2) is 9.97 Å². The van der Waals surface area contributed by atoms with Crippen LogP contribution in [0.2, 0.25) is 0 Å². The fourth-order valence-electron chi connectivity index (χ4n) is 2.78. The van der Waals surface area contributed by atoms with Crippen molar-refractivity contribution in [3.8, 4) is 11.4 Å². The van der Waals surface area contributed by atoms with Gasteiger partial charge < -0.3 is 9.73 Å². The fraction of sp³-hybridized carbons (Fsp3) is 0.100. The lowest BCUT2D eigenvalue weighted by Gasteiger charge is -2.12. The van der Waals surface area contributed by atoms with Crippen LogP contribution in [0.3, 0.4) is 0 Å². The van der Waals surface area contributed by atoms with Crippen molar-refractivity contribution >= 4 is 16.7 Å². The maximum atomic E-state index is 5.41. The maximum Gasteiger partial charge on any atom is 0.162 e. The van der Waals surface area contributed by atoms with Gasteiger partial charge in [0.1, 0.15) is 11.6 Å². The van der Waals surface area contributed by atoms with Gasteiger partial charge in [0.15, 0.2) is 5.82 Å². The Morgan fingerprint density at radius 2 is 1.79 bits per heavy atom. The predicted molar refractivity (Wildman–Crippen MR) is 95.7 cm³/mol. The van der Waals surface area contributed by atoms with E-state index < -0.39 is 0 Å². The van der Waals surface area contributed by atoms with Gasteiger partial charge in [0.2, 0.25) is 0 Å². The molecular weight excluding hydrogens is 298 g/mol. The molecule has 0 aliphatic heterocycles. The average Bonchev–Trinajstić information content (AvgIpc) is 3.14. The van der Waals surface area contributed by atoms with Gasteiger partial charge >= 0.3 is 0 Å². The largest absolute Gasteiger partial charge is 0.467 e. The highest BCUT2D eigenvalue weighted by molar-refractivity contribution is 5.93. The van der Waals surface area contributed by atoms with Crippen molar-refractivity contribution in [2.24, 2.45) is 0 Å². The van der Waals surface area contributed by atoms with E-state index in [1.807, 2.05) is 54.6 Å². The minimum Gasteiger partial charge on any atom is -0.467 e. The first-order valence-corrected chi connectivity index (χ1v) is 7.90. The van der Waals surface area contributed by atoms with Crippen LogP contribution >= 0.6 is 0 Å². The molecule has 0 saturated heterocycles. The van der Waals surface area contributed by atoms with Crippen molar-refractivity contribution in [3.05, 3.63) is 78.3 Å². The summed E-state index contributed by atoms with van der Waals surface area (Å²) in [5.41, 5.74) is 3.09. The van der Waals surface area contributed by atoms with Crippen LogP contribution in [-0.2, 0) is 6.54 Å². The molecule has 0 spiro atoms. The molecular formula is C20H17N3O. The molecule has 2 aromatic carbocycles. The Labute approximate surface area is 140 Å². The summed E-state index contributed by atoms with van der Waals surface area (Å²) < 4.78 is 5.41. The molecule has 0 bridgehead atoms. The number of benzene rings is 2. The van der Waals surface area contributed by atoms with Gasteiger partial charge in [0.05, 0.1) is 18.3 Å². The number of fused-ring (bicyclic) bond motifs is 1. The lowest BCUT2D eigenvalue weighted by molar-refractivity contribution is 0.518. The number of aromatic nitrogens is 2. The van der Waals surface area contributed by atoms with Crippen molar-refractivity contribution in [1.82, 2.24) is 9.97 Å². The first-order valence-electron chi connectivity index (χ1n) is 7.90. The molecule has 4 rings (SSSR count). The number of nitrogens with zero attached hydrogens (tertiary/aromatic N) is 2. The molecule has 4 aromatic rings. The van der Waals surface area contributed by atoms with E-state index in [4.69, 9.17) is 14.4 Å². The Hall–Kier alpha value is -3.14. The van der Waals surface area contributed by atoms with Crippen LogP contribution < -0.4 is 5.32 Å². The highest BCUT2D eigenvalue weighted by atomic mass is 16.3. The first kappa shape index (κ1) is 14.5. The van der Waals surface area contributed by atoms with Crippen LogP contribution in [0.25, 0.3) is 22.3 Å². The zero-order valence-electron chi connectivity index (χ0n) is 13.4. The Kier molecular flexibility index (Phi) is 3.71. The molecule has 2 aromatic heterocycles. The smallest absolute Gasteiger partial charge is 0.162 e. The molecule has 0 unspecified atom stereocenters. The highest BCUT2D eigenvalue weighted by Crippen LogP contribution is 2.27. The van der Waals surface area contributed by atoms with Gasteiger partial charge in [-0.25, -0.2) is 9.97 Å². The summed E-state index contributed by atoms with van der Waals surface area (Å²) >= 11 is 0. The summed E-state index contributed by atoms with van der Waals surface area (Å²) in [6.07, 6.45) is 1.68. The van der Waals surface area contributed by atoms with E-state index in [-0.39, 0.29) is 0 Å². The highest BCUT2D eigenvalue weighted by Gasteiger charge is 2.11. The van der Waals surface area contributed by atoms with E-state index in [2.05, 4.69) is 18.3 Å². The quantitative estimate of drug-likeness (QED) is 0.587. The molecule has 2 heterocycles. The SMILES string of the molecule is Cc1cccc2nc(-c3ccccc3)nc(NCc3ccco3)c12. The van der Waals surface area contributed by atoms with Gasteiger partial charge in [-0.3, -0.25) is 0 Å². The minimum atomic E-state index is 0.585. The second kappa shape index (κ2) is 6.16. The molecule has 118 valence electrons. The monoisotopic (exact) mass is 315 g/mol. The van der Waals surface area contributed by atoms with Crippen molar-refractivity contribution in [1.29, 1.82) is 0 Å². The van der Waals surface area contributed by atoms with Crippen molar-refractivity contribution in [2.45, 2.75) is 13.5 Å². The maximum absolute atomic E-state index is 5.41. The minimum absolute atomic E-state index is 0.585. The van der Waals surface area contributed by atoms with E-state index in [1.54, 1.807) is 6.26 Å². The summed E-state index contributed by atoms with van der Waals surface area (Å²) in [6, 6.07) is 20.0. The van der Waals surface area contributed by atoms with Crippen LogP contribution in [0.1, 0.15) is 11.3 Å². The van der Waals surface area contributed by atoms with E-state index in [9.17, 15) is 0 Å². The standard InChI is InChI=1S/C20H17N3O/c1-14-7-5-11-17-18(14)20(21-13-16-10-6-12-24-16)23-19(22-17)15-8-3-2-4-9-15/h2-12H,13H2,1H3,(H,21,22,23). The summed E-state index contributed by atoms with van der Waals surface area (Å²) in [5, 5.41) is 4.44. The predicted octanol–water partition coefficient (Wildman–Crippen LogP) is 4.81. The second-order valence-electron chi connectivity index (χ2n) is 5.66. The third-order valence-corrected chi connectivity index (χ3v) is 3.97. The van der Waals surface area contributed by atoms with Crippen molar-refractivity contribution < 1.29 is 4.42 Å². The normalized spacial score (nSPS) is 10.9. The molecule has 0 radical (unpaired) electrons. The molecule has 4 nitrogen and oxygen atoms in total. The average molecular weight is 315 g/mol. The van der Waals surface area contributed by atoms with Crippen LogP contribution in [0.4, 0.5) is 5.82 Å². The van der Waals surface area contributed by atoms with Gasteiger partial charge in [-0.2, -0.15) is 0 Å². The van der Waals surface area contributed by atoms with Gasteiger partial charge in [0.25, 0.3) is 0 Å². The van der Waals surface area contributed by atoms with Crippen molar-refractivity contribution in [2.75, 3.05) is 5.32 Å². The van der Waals surface area contributed by atoms with E-state index >= 15 is 0 Å². The molecule has 0 atom stereocenters. The summed E-state index contributed by atoms with van der Waals surface area (Å²) in [4.78, 5) is 9.50. The third-order valence-electron chi connectivity index (χ3n) is 3.97. The summed E-state index contributed by atoms with van der Waals surface area (Å²) in [6.45, 7) is 2.66. The number of hydrogen-bond acceptors (Lipinski definition) is 4. The number of furan rings is 1. The van der Waals surface area contributed by atoms with Gasteiger partial charge in [-0.1, -0.05) is 42.5 Å². The number of rotatable bonds is 4. The topological polar surface area (TPSA) is 51.0 Å². The molecule has 0 saturated carbocycles. The summed E-state index contributed by atoms with van der Waals surface area (Å²) in [7, 11) is 0. The number of nitrogens with one attached hydrogen (secondary N) is 1. The fourth-order valence-corrected chi connectivity index (χ4v) is 2.78. The third kappa shape index (κ3) is 2.74. The van der Waals surface area contributed by atoms with Gasteiger partial charge in [-0.15, -0.1) is 0 Å². The Morgan fingerprint density at radius 1 is 0.917 bits per heavy atom. The molecule has 0 aliphatic rings. The Balaban J connectivity index is 1.82. The van der Waals surface area contributed by atoms with E-state index in [0.717, 1.165) is 39.4 Å². The van der Waals surface area contributed by atoms with Crippen LogP contribution in [0.15, 0.2) is 71.3 Å². The molecule has 0 aliphatic carbocycles. The summed E-state index contributed by atoms with van der Waals surface area (Å²) in [5.74, 6) is 2.42. The van der Waals surface area contributed by atoms with E-state index in [1.165, 1.54) is 0 Å². The Bertz CT molecular complexity index is 963. The first-order chi connectivity index (χ1) is 11.8. The molecule has 0 fully saturated rings. The van der Waals surface area contributed by atoms with Crippen LogP contribution in [0.5, 0.6) is 0 Å². The molecule has 0 amide bonds. The number of aryl methyl sites for hydroxylation is 1. The lowest BCUT2D eigenvalue weighted by atomic mass is 10.1. The molecule has 24 heavy (non-hydrogen) atoms. The van der Waals surface area contributed by atoms with E-state index in [0.29, 0.717) is 6.54 Å². The zero-order chi connectivity index (χ0) is 16.4.